The maximum absolute atomic E-state index is 11.9. The van der Waals surface area contributed by atoms with E-state index in [1.807, 2.05) is 19.1 Å². The normalized spacial score (nSPS) is 20.0. The molecule has 3 aromatic heterocycles. The predicted molar refractivity (Wildman–Crippen MR) is 102 cm³/mol. The molecule has 1 aliphatic heterocycles. The zero-order valence-electron chi connectivity index (χ0n) is 15.4. The topological polar surface area (TPSA) is 111 Å². The summed E-state index contributed by atoms with van der Waals surface area (Å²) in [4.78, 5) is 30.9. The molecule has 1 aliphatic rings. The van der Waals surface area contributed by atoms with Crippen LogP contribution in [0.4, 0.5) is 5.82 Å². The Balaban J connectivity index is 1.76. The van der Waals surface area contributed by atoms with Crippen LogP contribution in [0.5, 0.6) is 0 Å². The van der Waals surface area contributed by atoms with Crippen molar-refractivity contribution in [1.29, 1.82) is 5.26 Å². The average Bonchev–Trinajstić information content (AvgIpc) is 3.11. The summed E-state index contributed by atoms with van der Waals surface area (Å²) in [7, 11) is 0. The van der Waals surface area contributed by atoms with Crippen LogP contribution in [0.25, 0.3) is 21.9 Å². The molecule has 2 atom stereocenters. The van der Waals surface area contributed by atoms with Crippen LogP contribution in [-0.4, -0.2) is 44.5 Å². The highest BCUT2D eigenvalue weighted by molar-refractivity contribution is 6.09. The number of nitrogens with one attached hydrogen (secondary N) is 2. The maximum atomic E-state index is 11.9. The Labute approximate surface area is 156 Å². The van der Waals surface area contributed by atoms with Gasteiger partial charge >= 0.3 is 0 Å². The number of hydrogen-bond donors (Lipinski definition) is 2. The third-order valence-electron chi connectivity index (χ3n) is 5.11. The summed E-state index contributed by atoms with van der Waals surface area (Å²) in [6.07, 6.45) is 5.26. The smallest absolute Gasteiger partial charge is 0.234 e. The fraction of sp³-hybridized carbons (Fsp3) is 0.421. The molecule has 0 saturated carbocycles. The third-order valence-corrected chi connectivity index (χ3v) is 5.11. The van der Waals surface area contributed by atoms with Crippen LogP contribution in [0.3, 0.4) is 0 Å². The van der Waals surface area contributed by atoms with E-state index in [0.717, 1.165) is 40.8 Å². The standard InChI is InChI=1S/C19H21N7O/c1-11-3-4-13(25-16(27)5-7-20)10-26(11)19-17-14-6-8-21-18(14)22-9-15(17)23-12(2)24-19/h6,8-9,11,13H,3-5,10H2,1-2H3,(H,23,24)(H,25,27). The second-order valence-corrected chi connectivity index (χ2v) is 7.05. The Morgan fingerprint density at radius 3 is 3.11 bits per heavy atom. The number of anilines is 1. The van der Waals surface area contributed by atoms with Crippen LogP contribution in [0.15, 0.2) is 18.5 Å². The number of nitriles is 1. The summed E-state index contributed by atoms with van der Waals surface area (Å²) >= 11 is 0. The van der Waals surface area contributed by atoms with Crippen molar-refractivity contribution in [3.63, 3.8) is 0 Å². The number of fused-ring (bicyclic) bond motifs is 3. The highest BCUT2D eigenvalue weighted by Gasteiger charge is 2.29. The van der Waals surface area contributed by atoms with Gasteiger partial charge in [-0.15, -0.1) is 0 Å². The fourth-order valence-corrected chi connectivity index (χ4v) is 3.81. The number of hydrogen-bond acceptors (Lipinski definition) is 6. The number of carbonyl (C=O) groups excluding carboxylic acids is 1. The average molecular weight is 363 g/mol. The number of H-pyrrole nitrogens is 1. The van der Waals surface area contributed by atoms with Crippen LogP contribution >= 0.6 is 0 Å². The molecule has 1 saturated heterocycles. The van der Waals surface area contributed by atoms with Crippen molar-refractivity contribution in [2.24, 2.45) is 0 Å². The Morgan fingerprint density at radius 2 is 2.30 bits per heavy atom. The first-order valence-corrected chi connectivity index (χ1v) is 9.10. The number of piperidine rings is 1. The molecule has 1 fully saturated rings. The van der Waals surface area contributed by atoms with E-state index in [2.05, 4.69) is 32.1 Å². The molecule has 1 amide bonds. The van der Waals surface area contributed by atoms with E-state index >= 15 is 0 Å². The molecule has 0 bridgehead atoms. The monoisotopic (exact) mass is 363 g/mol. The number of amides is 1. The summed E-state index contributed by atoms with van der Waals surface area (Å²) in [6, 6.07) is 4.15. The Bertz CT molecular complexity index is 1050. The Hall–Kier alpha value is -3.21. The number of pyridine rings is 1. The van der Waals surface area contributed by atoms with Crippen LogP contribution in [-0.2, 0) is 4.79 Å². The van der Waals surface area contributed by atoms with Gasteiger partial charge in [-0.1, -0.05) is 0 Å². The van der Waals surface area contributed by atoms with Crippen molar-refractivity contribution in [2.45, 2.75) is 45.2 Å². The van der Waals surface area contributed by atoms with Crippen LogP contribution in [0, 0.1) is 18.3 Å². The quantitative estimate of drug-likeness (QED) is 0.738. The molecular formula is C19H21N7O. The van der Waals surface area contributed by atoms with Gasteiger partial charge in [-0.05, 0) is 32.8 Å². The van der Waals surface area contributed by atoms with Crippen molar-refractivity contribution in [1.82, 2.24) is 25.3 Å². The van der Waals surface area contributed by atoms with Gasteiger partial charge in [-0.2, -0.15) is 5.26 Å². The molecule has 8 nitrogen and oxygen atoms in total. The second kappa shape index (κ2) is 6.83. The molecule has 8 heteroatoms. The van der Waals surface area contributed by atoms with Crippen molar-refractivity contribution < 1.29 is 4.79 Å². The summed E-state index contributed by atoms with van der Waals surface area (Å²) in [5.74, 6) is 1.47. The minimum absolute atomic E-state index is 0.00138. The molecule has 2 N–H and O–H groups in total. The molecule has 0 aliphatic carbocycles. The summed E-state index contributed by atoms with van der Waals surface area (Å²) in [5.41, 5.74) is 1.62. The zero-order chi connectivity index (χ0) is 19.0. The van der Waals surface area contributed by atoms with Crippen LogP contribution < -0.4 is 10.2 Å². The van der Waals surface area contributed by atoms with E-state index in [1.165, 1.54) is 0 Å². The Kier molecular flexibility index (Phi) is 4.36. The minimum atomic E-state index is -0.223. The highest BCUT2D eigenvalue weighted by atomic mass is 16.1. The van der Waals surface area contributed by atoms with E-state index in [4.69, 9.17) is 10.2 Å². The van der Waals surface area contributed by atoms with Gasteiger partial charge in [0.1, 0.15) is 18.1 Å². The molecule has 0 radical (unpaired) electrons. The molecule has 0 spiro atoms. The number of aromatic nitrogens is 4. The first-order chi connectivity index (χ1) is 13.1. The van der Waals surface area contributed by atoms with Crippen molar-refractivity contribution >= 4 is 33.7 Å². The number of aromatic amines is 1. The minimum Gasteiger partial charge on any atom is -0.351 e. The second-order valence-electron chi connectivity index (χ2n) is 7.05. The van der Waals surface area contributed by atoms with Gasteiger partial charge in [0.15, 0.2) is 5.65 Å². The molecule has 3 aromatic rings. The SMILES string of the molecule is Cc1nc(N2CC(NC(=O)CC#N)CCC2C)c2c(cnc3nccc32)[nH]1. The number of aryl methyl sites for hydroxylation is 1. The van der Waals surface area contributed by atoms with E-state index in [1.54, 1.807) is 12.4 Å². The molecule has 0 aromatic carbocycles. The van der Waals surface area contributed by atoms with E-state index in [-0.39, 0.29) is 24.4 Å². The van der Waals surface area contributed by atoms with Gasteiger partial charge in [0, 0.05) is 30.2 Å². The lowest BCUT2D eigenvalue weighted by molar-refractivity contribution is -0.120. The molecule has 138 valence electrons. The van der Waals surface area contributed by atoms with Crippen molar-refractivity contribution in [3.8, 4) is 6.07 Å². The van der Waals surface area contributed by atoms with Gasteiger partial charge in [-0.25, -0.2) is 15.0 Å². The summed E-state index contributed by atoms with van der Waals surface area (Å²) < 4.78 is 0. The van der Waals surface area contributed by atoms with Gasteiger partial charge in [-0.3, -0.25) is 4.79 Å². The molecule has 2 unspecified atom stereocenters. The van der Waals surface area contributed by atoms with Gasteiger partial charge in [0.05, 0.1) is 23.2 Å². The highest BCUT2D eigenvalue weighted by Crippen LogP contribution is 2.33. The van der Waals surface area contributed by atoms with Crippen molar-refractivity contribution in [3.05, 3.63) is 24.3 Å². The van der Waals surface area contributed by atoms with Crippen LogP contribution in [0.2, 0.25) is 0 Å². The lowest BCUT2D eigenvalue weighted by Crippen LogP contribution is -2.51. The lowest BCUT2D eigenvalue weighted by Gasteiger charge is -2.39. The summed E-state index contributed by atoms with van der Waals surface area (Å²) in [5, 5.41) is 13.7. The van der Waals surface area contributed by atoms with Gasteiger partial charge in [0.2, 0.25) is 5.91 Å². The van der Waals surface area contributed by atoms with Crippen molar-refractivity contribution in [2.75, 3.05) is 11.4 Å². The molecule has 4 rings (SSSR count). The predicted octanol–water partition coefficient (Wildman–Crippen LogP) is 2.20. The maximum Gasteiger partial charge on any atom is 0.234 e. The molecule has 27 heavy (non-hydrogen) atoms. The fourth-order valence-electron chi connectivity index (χ4n) is 3.81. The number of nitrogens with zero attached hydrogens (tertiary/aromatic N) is 5. The van der Waals surface area contributed by atoms with Gasteiger partial charge < -0.3 is 15.2 Å². The molecular weight excluding hydrogens is 342 g/mol. The van der Waals surface area contributed by atoms with E-state index in [0.29, 0.717) is 12.2 Å². The first-order valence-electron chi connectivity index (χ1n) is 9.10. The van der Waals surface area contributed by atoms with Crippen LogP contribution in [0.1, 0.15) is 32.0 Å². The summed E-state index contributed by atoms with van der Waals surface area (Å²) in [6.45, 7) is 4.76. The third kappa shape index (κ3) is 3.16. The van der Waals surface area contributed by atoms with E-state index in [9.17, 15) is 4.79 Å². The lowest BCUT2D eigenvalue weighted by atomic mass is 9.98. The first kappa shape index (κ1) is 17.2. The largest absolute Gasteiger partial charge is 0.351 e. The van der Waals surface area contributed by atoms with E-state index < -0.39 is 0 Å². The Morgan fingerprint density at radius 1 is 1.44 bits per heavy atom. The zero-order valence-corrected chi connectivity index (χ0v) is 15.4. The van der Waals surface area contributed by atoms with Gasteiger partial charge in [0.25, 0.3) is 0 Å². The number of carbonyl (C=O) groups is 1. The molecule has 4 heterocycles. The number of rotatable bonds is 3.